The quantitative estimate of drug-likeness (QED) is 0.364. The van der Waals surface area contributed by atoms with E-state index in [4.69, 9.17) is 0 Å². The largest absolute Gasteiger partial charge is 0.534 e. The first kappa shape index (κ1) is 27.8. The number of hydrogen-bond donors (Lipinski definition) is 0. The summed E-state index contributed by atoms with van der Waals surface area (Å²) in [6, 6.07) is 14.1. The Hall–Kier alpha value is -2.79. The number of fused-ring (bicyclic) bond motifs is 1. The normalized spacial score (nSPS) is 21.5. The molecule has 2 heterocycles. The van der Waals surface area contributed by atoms with E-state index in [-0.39, 0.29) is 23.6 Å². The lowest BCUT2D eigenvalue weighted by molar-refractivity contribution is -0.124. The third-order valence-corrected chi connectivity index (χ3v) is 9.05. The van der Waals surface area contributed by atoms with Crippen LogP contribution in [-0.4, -0.2) is 63.5 Å². The summed E-state index contributed by atoms with van der Waals surface area (Å²) < 4.78 is 66.4. The Labute approximate surface area is 227 Å². The minimum atomic E-state index is -5.76. The molecule has 2 aromatic carbocycles. The lowest BCUT2D eigenvalue weighted by Gasteiger charge is -2.43. The zero-order valence-electron chi connectivity index (χ0n) is 21.8. The molecule has 1 unspecified atom stereocenters. The summed E-state index contributed by atoms with van der Waals surface area (Å²) in [6.45, 7) is 2.95. The van der Waals surface area contributed by atoms with Crippen molar-refractivity contribution in [2.75, 3.05) is 42.5 Å². The molecule has 0 radical (unpaired) electrons. The van der Waals surface area contributed by atoms with Crippen molar-refractivity contribution >= 4 is 27.4 Å². The summed E-state index contributed by atoms with van der Waals surface area (Å²) in [6.07, 6.45) is 7.03. The van der Waals surface area contributed by atoms with Crippen molar-refractivity contribution < 1.29 is 30.6 Å². The number of halogens is 3. The molecule has 212 valence electrons. The van der Waals surface area contributed by atoms with Gasteiger partial charge in [0.2, 0.25) is 5.91 Å². The first-order chi connectivity index (χ1) is 18.6. The van der Waals surface area contributed by atoms with Crippen LogP contribution >= 0.6 is 0 Å². The van der Waals surface area contributed by atoms with Gasteiger partial charge in [-0.3, -0.25) is 9.69 Å². The molecule has 2 aromatic rings. The molecule has 2 fully saturated rings. The van der Waals surface area contributed by atoms with Gasteiger partial charge in [-0.25, -0.2) is 0 Å². The van der Waals surface area contributed by atoms with Crippen LogP contribution in [0.2, 0.25) is 0 Å². The molecule has 0 aromatic heterocycles. The van der Waals surface area contributed by atoms with Gasteiger partial charge in [-0.05, 0) is 49.4 Å². The monoisotopic (exact) mass is 565 g/mol. The molecule has 1 saturated heterocycles. The average Bonchev–Trinajstić information content (AvgIpc) is 2.93. The van der Waals surface area contributed by atoms with Crippen molar-refractivity contribution in [2.45, 2.75) is 56.5 Å². The van der Waals surface area contributed by atoms with Crippen LogP contribution in [0.5, 0.6) is 5.75 Å². The smallest absolute Gasteiger partial charge is 0.374 e. The highest BCUT2D eigenvalue weighted by Gasteiger charge is 2.49. The molecule has 1 saturated carbocycles. The van der Waals surface area contributed by atoms with Gasteiger partial charge >= 0.3 is 15.6 Å². The number of nitrogens with zero attached hydrogens (tertiary/aromatic N) is 3. The second kappa shape index (κ2) is 11.4. The third kappa shape index (κ3) is 6.04. The summed E-state index contributed by atoms with van der Waals surface area (Å²) in [5.74, 6) is -0.0485. The predicted octanol–water partition coefficient (Wildman–Crippen LogP) is 4.97. The molecule has 1 aliphatic carbocycles. The molecular formula is C28H34F3N3O4S. The van der Waals surface area contributed by atoms with Crippen molar-refractivity contribution in [3.05, 3.63) is 54.1 Å². The van der Waals surface area contributed by atoms with Gasteiger partial charge in [0.25, 0.3) is 0 Å². The van der Waals surface area contributed by atoms with Crippen LogP contribution in [-0.2, 0) is 21.3 Å². The molecule has 1 atom stereocenters. The van der Waals surface area contributed by atoms with E-state index in [9.17, 15) is 26.4 Å². The first-order valence-electron chi connectivity index (χ1n) is 13.6. The zero-order valence-corrected chi connectivity index (χ0v) is 22.6. The summed E-state index contributed by atoms with van der Waals surface area (Å²) in [7, 11) is -5.76. The SMILES string of the molecule is O=C(C1CCCCC1)N1c2ccccc2CCC1CN1CCN(c2ccccc2OS(=O)(=O)C(F)(F)F)CC1. The highest BCUT2D eigenvalue weighted by atomic mass is 32.2. The number of carbonyl (C=O) groups is 1. The number of aryl methyl sites for hydroxylation is 1. The Bertz CT molecular complexity index is 1270. The number of piperazine rings is 1. The molecule has 0 bridgehead atoms. The molecule has 0 N–H and O–H groups in total. The number of amides is 1. The van der Waals surface area contributed by atoms with Gasteiger partial charge in [-0.2, -0.15) is 21.6 Å². The Morgan fingerprint density at radius 1 is 0.872 bits per heavy atom. The number of anilines is 2. The fourth-order valence-electron chi connectivity index (χ4n) is 6.05. The number of hydrogen-bond acceptors (Lipinski definition) is 6. The van der Waals surface area contributed by atoms with E-state index in [1.165, 1.54) is 24.1 Å². The van der Waals surface area contributed by atoms with Gasteiger partial charge in [0, 0.05) is 50.4 Å². The van der Waals surface area contributed by atoms with Crippen molar-refractivity contribution in [1.82, 2.24) is 4.90 Å². The van der Waals surface area contributed by atoms with Crippen molar-refractivity contribution in [1.29, 1.82) is 0 Å². The maximum Gasteiger partial charge on any atom is 0.534 e. The van der Waals surface area contributed by atoms with Crippen molar-refractivity contribution in [2.24, 2.45) is 5.92 Å². The van der Waals surface area contributed by atoms with E-state index >= 15 is 0 Å². The molecule has 5 rings (SSSR count). The van der Waals surface area contributed by atoms with Crippen LogP contribution in [0.1, 0.15) is 44.1 Å². The van der Waals surface area contributed by atoms with Gasteiger partial charge in [0.1, 0.15) is 0 Å². The van der Waals surface area contributed by atoms with Crippen LogP contribution in [0.4, 0.5) is 24.5 Å². The molecule has 39 heavy (non-hydrogen) atoms. The molecule has 1 amide bonds. The number of carbonyl (C=O) groups excluding carboxylic acids is 1. The van der Waals surface area contributed by atoms with Gasteiger partial charge < -0.3 is 14.0 Å². The number of benzene rings is 2. The summed E-state index contributed by atoms with van der Waals surface area (Å²) >= 11 is 0. The van der Waals surface area contributed by atoms with Gasteiger partial charge in [0.05, 0.1) is 5.69 Å². The molecular weight excluding hydrogens is 531 g/mol. The standard InChI is InChI=1S/C28H34F3N3O4S/c29-28(30,31)39(36,37)38-26-13-7-6-12-25(26)33-18-16-32(17-19-33)20-23-15-14-21-8-4-5-11-24(21)34(23)27(35)22-9-2-1-3-10-22/h4-8,11-13,22-23H,1-3,9-10,14-20H2. The van der Waals surface area contributed by atoms with Crippen LogP contribution in [0.3, 0.4) is 0 Å². The van der Waals surface area contributed by atoms with Gasteiger partial charge in [-0.1, -0.05) is 49.6 Å². The fourth-order valence-corrected chi connectivity index (χ4v) is 6.52. The number of rotatable bonds is 6. The first-order valence-corrected chi connectivity index (χ1v) is 15.0. The van der Waals surface area contributed by atoms with Gasteiger partial charge in [-0.15, -0.1) is 0 Å². The van der Waals surface area contributed by atoms with E-state index in [1.54, 1.807) is 12.1 Å². The fraction of sp³-hybridized carbons (Fsp3) is 0.536. The third-order valence-electron chi connectivity index (χ3n) is 8.09. The Kier molecular flexibility index (Phi) is 8.09. The van der Waals surface area contributed by atoms with E-state index in [2.05, 4.69) is 15.1 Å². The molecule has 7 nitrogen and oxygen atoms in total. The molecule has 2 aliphatic heterocycles. The second-order valence-electron chi connectivity index (χ2n) is 10.6. The van der Waals surface area contributed by atoms with Crippen LogP contribution in [0.15, 0.2) is 48.5 Å². The maximum atomic E-state index is 13.8. The van der Waals surface area contributed by atoms with Crippen LogP contribution in [0.25, 0.3) is 0 Å². The number of alkyl halides is 3. The predicted molar refractivity (Wildman–Crippen MR) is 143 cm³/mol. The summed E-state index contributed by atoms with van der Waals surface area (Å²) in [5, 5.41) is 0. The topological polar surface area (TPSA) is 70.2 Å². The lowest BCUT2D eigenvalue weighted by Crippen LogP contribution is -2.55. The van der Waals surface area contributed by atoms with Crippen LogP contribution < -0.4 is 14.0 Å². The van der Waals surface area contributed by atoms with E-state index in [1.807, 2.05) is 28.0 Å². The zero-order chi connectivity index (χ0) is 27.6. The second-order valence-corrected chi connectivity index (χ2v) is 12.1. The molecule has 11 heteroatoms. The average molecular weight is 566 g/mol. The lowest BCUT2D eigenvalue weighted by atomic mass is 9.86. The van der Waals surface area contributed by atoms with E-state index in [0.29, 0.717) is 38.4 Å². The molecule has 0 spiro atoms. The molecule has 3 aliphatic rings. The summed E-state index contributed by atoms with van der Waals surface area (Å²) in [4.78, 5) is 20.0. The van der Waals surface area contributed by atoms with Crippen LogP contribution in [0, 0.1) is 5.92 Å². The van der Waals surface area contributed by atoms with E-state index < -0.39 is 15.6 Å². The van der Waals surface area contributed by atoms with Crippen molar-refractivity contribution in [3.8, 4) is 5.75 Å². The Morgan fingerprint density at radius 2 is 1.51 bits per heavy atom. The minimum Gasteiger partial charge on any atom is -0.374 e. The number of para-hydroxylation sites is 3. The Morgan fingerprint density at radius 3 is 2.21 bits per heavy atom. The van der Waals surface area contributed by atoms with Crippen molar-refractivity contribution in [3.63, 3.8) is 0 Å². The van der Waals surface area contributed by atoms with E-state index in [0.717, 1.165) is 44.2 Å². The minimum absolute atomic E-state index is 0.0495. The van der Waals surface area contributed by atoms with Gasteiger partial charge in [0.15, 0.2) is 5.75 Å². The highest BCUT2D eigenvalue weighted by Crippen LogP contribution is 2.36. The Balaban J connectivity index is 1.27. The highest BCUT2D eigenvalue weighted by molar-refractivity contribution is 7.88. The maximum absolute atomic E-state index is 13.8. The summed E-state index contributed by atoms with van der Waals surface area (Å²) in [5.41, 5.74) is -2.98.